The van der Waals surface area contributed by atoms with Crippen LogP contribution in [0.4, 0.5) is 0 Å². The maximum absolute atomic E-state index is 12.8. The van der Waals surface area contributed by atoms with E-state index < -0.39 is 10.0 Å². The molecule has 0 bridgehead atoms. The first-order valence-corrected chi connectivity index (χ1v) is 11.3. The summed E-state index contributed by atoms with van der Waals surface area (Å²) in [5, 5.41) is 1.24. The largest absolute Gasteiger partial charge is 0.336 e. The molecule has 0 aliphatic carbocycles. The Balaban J connectivity index is 1.61. The van der Waals surface area contributed by atoms with Crippen molar-refractivity contribution in [2.24, 2.45) is 0 Å². The minimum Gasteiger partial charge on any atom is -0.336 e. The molecule has 1 amide bonds. The molecule has 0 N–H and O–H groups in total. The van der Waals surface area contributed by atoms with Crippen molar-refractivity contribution in [2.45, 2.75) is 26.2 Å². The number of hydrogen-bond donors (Lipinski definition) is 0. The second-order valence-corrected chi connectivity index (χ2v) is 10.1. The average Bonchev–Trinajstić information content (AvgIpc) is 2.72. The summed E-state index contributed by atoms with van der Waals surface area (Å²) in [5.41, 5.74) is 2.69. The quantitative estimate of drug-likeness (QED) is 0.769. The number of sulfonamides is 1. The van der Waals surface area contributed by atoms with E-state index in [2.05, 4.69) is 20.8 Å². The van der Waals surface area contributed by atoms with Gasteiger partial charge in [-0.1, -0.05) is 63.2 Å². The van der Waals surface area contributed by atoms with Crippen LogP contribution in [0.25, 0.3) is 6.08 Å². The molecular weight excluding hydrogens is 384 g/mol. The van der Waals surface area contributed by atoms with E-state index >= 15 is 0 Å². The molecule has 5 nitrogen and oxygen atoms in total. The molecule has 0 saturated carbocycles. The van der Waals surface area contributed by atoms with Crippen LogP contribution >= 0.6 is 0 Å². The number of benzene rings is 2. The number of hydrogen-bond acceptors (Lipinski definition) is 3. The van der Waals surface area contributed by atoms with Crippen LogP contribution in [-0.4, -0.2) is 49.7 Å². The summed E-state index contributed by atoms with van der Waals surface area (Å²) in [7, 11) is -3.50. The lowest BCUT2D eigenvalue weighted by atomic mass is 9.86. The fraction of sp³-hybridized carbons (Fsp3) is 0.348. The van der Waals surface area contributed by atoms with Crippen LogP contribution in [0, 0.1) is 0 Å². The Hall–Kier alpha value is -2.44. The number of carbonyl (C=O) groups excluding carboxylic acids is 1. The van der Waals surface area contributed by atoms with Gasteiger partial charge in [-0.25, -0.2) is 8.42 Å². The van der Waals surface area contributed by atoms with E-state index in [-0.39, 0.29) is 11.3 Å². The van der Waals surface area contributed by atoms with Crippen LogP contribution in [0.1, 0.15) is 42.3 Å². The summed E-state index contributed by atoms with van der Waals surface area (Å²) in [5.74, 6) is -0.0534. The van der Waals surface area contributed by atoms with Crippen molar-refractivity contribution >= 4 is 22.0 Å². The van der Waals surface area contributed by atoms with Crippen LogP contribution < -0.4 is 0 Å². The predicted octanol–water partition coefficient (Wildman–Crippen LogP) is 3.74. The zero-order chi connectivity index (χ0) is 21.1. The molecule has 3 rings (SSSR count). The summed E-state index contributed by atoms with van der Waals surface area (Å²) in [6, 6.07) is 17.0. The van der Waals surface area contributed by atoms with Gasteiger partial charge in [0.25, 0.3) is 5.91 Å². The first-order valence-electron chi connectivity index (χ1n) is 9.80. The van der Waals surface area contributed by atoms with E-state index in [1.165, 1.54) is 15.3 Å². The Morgan fingerprint density at radius 1 is 0.897 bits per heavy atom. The van der Waals surface area contributed by atoms with Gasteiger partial charge >= 0.3 is 0 Å². The number of nitrogens with zero attached hydrogens (tertiary/aromatic N) is 2. The lowest BCUT2D eigenvalue weighted by molar-refractivity contribution is 0.0698. The van der Waals surface area contributed by atoms with Crippen molar-refractivity contribution in [3.63, 3.8) is 0 Å². The molecule has 0 atom stereocenters. The molecule has 29 heavy (non-hydrogen) atoms. The Labute approximate surface area is 173 Å². The van der Waals surface area contributed by atoms with Gasteiger partial charge in [0.2, 0.25) is 10.0 Å². The van der Waals surface area contributed by atoms with Gasteiger partial charge in [-0.05, 0) is 34.8 Å². The fourth-order valence-electron chi connectivity index (χ4n) is 3.26. The molecule has 2 aromatic rings. The van der Waals surface area contributed by atoms with Crippen molar-refractivity contribution in [1.29, 1.82) is 0 Å². The van der Waals surface area contributed by atoms with Crippen molar-refractivity contribution in [3.05, 3.63) is 76.7 Å². The number of amides is 1. The van der Waals surface area contributed by atoms with E-state index in [0.717, 1.165) is 5.56 Å². The molecule has 1 aliphatic rings. The monoisotopic (exact) mass is 412 g/mol. The van der Waals surface area contributed by atoms with Gasteiger partial charge in [0.15, 0.2) is 0 Å². The third-order valence-corrected chi connectivity index (χ3v) is 6.68. The molecule has 0 unspecified atom stereocenters. The van der Waals surface area contributed by atoms with Crippen molar-refractivity contribution < 1.29 is 13.2 Å². The van der Waals surface area contributed by atoms with Crippen LogP contribution in [0.5, 0.6) is 0 Å². The Morgan fingerprint density at radius 3 is 2.03 bits per heavy atom. The Kier molecular flexibility index (Phi) is 6.24. The van der Waals surface area contributed by atoms with Gasteiger partial charge in [0.05, 0.1) is 0 Å². The molecule has 1 saturated heterocycles. The highest BCUT2D eigenvalue weighted by Crippen LogP contribution is 2.23. The SMILES string of the molecule is CC(C)(C)c1ccc(C(=O)N2CCN(S(=O)(=O)/C=C/c3ccccc3)CC2)cc1. The fourth-order valence-corrected chi connectivity index (χ4v) is 4.43. The lowest BCUT2D eigenvalue weighted by Gasteiger charge is -2.33. The molecule has 0 spiro atoms. The molecule has 1 heterocycles. The maximum Gasteiger partial charge on any atom is 0.253 e. The van der Waals surface area contributed by atoms with Crippen molar-refractivity contribution in [3.8, 4) is 0 Å². The summed E-state index contributed by atoms with van der Waals surface area (Å²) in [6.07, 6.45) is 1.60. The standard InChI is InChI=1S/C23H28N2O3S/c1-23(2,3)21-11-9-20(10-12-21)22(26)24-14-16-25(17-15-24)29(27,28)18-13-19-7-5-4-6-8-19/h4-13,18H,14-17H2,1-3H3/b18-13+. The van der Waals surface area contributed by atoms with Gasteiger partial charge < -0.3 is 4.90 Å². The van der Waals surface area contributed by atoms with E-state index in [4.69, 9.17) is 0 Å². The minimum absolute atomic E-state index is 0.0365. The van der Waals surface area contributed by atoms with Crippen LogP contribution in [0.15, 0.2) is 60.0 Å². The third kappa shape index (κ3) is 5.34. The zero-order valence-electron chi connectivity index (χ0n) is 17.2. The lowest BCUT2D eigenvalue weighted by Crippen LogP contribution is -2.50. The van der Waals surface area contributed by atoms with Crippen LogP contribution in [0.2, 0.25) is 0 Å². The van der Waals surface area contributed by atoms with Gasteiger partial charge in [0, 0.05) is 37.2 Å². The maximum atomic E-state index is 12.8. The molecule has 0 radical (unpaired) electrons. The first-order chi connectivity index (χ1) is 13.7. The molecule has 1 aliphatic heterocycles. The van der Waals surface area contributed by atoms with Crippen molar-refractivity contribution in [2.75, 3.05) is 26.2 Å². The zero-order valence-corrected chi connectivity index (χ0v) is 18.0. The molecule has 1 fully saturated rings. The van der Waals surface area contributed by atoms with E-state index in [0.29, 0.717) is 31.7 Å². The molecule has 6 heteroatoms. The minimum atomic E-state index is -3.50. The highest BCUT2D eigenvalue weighted by molar-refractivity contribution is 7.92. The van der Waals surface area contributed by atoms with Crippen molar-refractivity contribution in [1.82, 2.24) is 9.21 Å². The second-order valence-electron chi connectivity index (χ2n) is 8.28. The molecule has 0 aromatic heterocycles. The van der Waals surface area contributed by atoms with E-state index in [9.17, 15) is 13.2 Å². The van der Waals surface area contributed by atoms with Crippen LogP contribution in [-0.2, 0) is 15.4 Å². The molecule has 154 valence electrons. The number of carbonyl (C=O) groups is 1. The highest BCUT2D eigenvalue weighted by Gasteiger charge is 2.28. The van der Waals surface area contributed by atoms with E-state index in [1.807, 2.05) is 54.6 Å². The first kappa shape index (κ1) is 21.3. The van der Waals surface area contributed by atoms with Crippen LogP contribution in [0.3, 0.4) is 0 Å². The summed E-state index contributed by atoms with van der Waals surface area (Å²) in [6.45, 7) is 7.78. The number of piperazine rings is 1. The highest BCUT2D eigenvalue weighted by atomic mass is 32.2. The predicted molar refractivity (Wildman–Crippen MR) is 117 cm³/mol. The van der Waals surface area contributed by atoms with Gasteiger partial charge in [-0.2, -0.15) is 4.31 Å². The summed E-state index contributed by atoms with van der Waals surface area (Å²) < 4.78 is 26.6. The van der Waals surface area contributed by atoms with Gasteiger partial charge in [-0.15, -0.1) is 0 Å². The topological polar surface area (TPSA) is 57.7 Å². The van der Waals surface area contributed by atoms with Gasteiger partial charge in [0.1, 0.15) is 0 Å². The normalized spacial score (nSPS) is 16.3. The Bertz CT molecular complexity index is 967. The summed E-state index contributed by atoms with van der Waals surface area (Å²) in [4.78, 5) is 14.5. The molecular formula is C23H28N2O3S. The van der Waals surface area contributed by atoms with Gasteiger partial charge in [-0.3, -0.25) is 4.79 Å². The summed E-state index contributed by atoms with van der Waals surface area (Å²) >= 11 is 0. The average molecular weight is 413 g/mol. The third-order valence-electron chi connectivity index (χ3n) is 5.12. The van der Waals surface area contributed by atoms with E-state index in [1.54, 1.807) is 11.0 Å². The Morgan fingerprint density at radius 2 is 1.48 bits per heavy atom. The molecule has 2 aromatic carbocycles. The number of rotatable bonds is 4. The second kappa shape index (κ2) is 8.51. The smallest absolute Gasteiger partial charge is 0.253 e.